The number of hydrogen-bond donors (Lipinski definition) is 0. The van der Waals surface area contributed by atoms with Gasteiger partial charge in [-0.1, -0.05) is 12.5 Å². The summed E-state index contributed by atoms with van der Waals surface area (Å²) in [7, 11) is 5.79. The molecule has 0 bridgehead atoms. The third kappa shape index (κ3) is 2.86. The molecule has 0 aromatic heterocycles. The Balaban J connectivity index is 1.68. The standard InChI is InChI=1S/C21H31NO2S/c1-22-12-11-21(16-6-7-17(23-2)18(14-16)24-3)10-9-20(15-19(21)22)8-4-5-13-25-20/h6-7,14,19H,4-5,8-13,15H2,1-3H3/t19-,20?,21-/m0/s1. The van der Waals surface area contributed by atoms with Crippen LogP contribution in [0, 0.1) is 0 Å². The van der Waals surface area contributed by atoms with Crippen LogP contribution in [0.2, 0.25) is 0 Å². The second-order valence-corrected chi connectivity index (χ2v) is 9.73. The summed E-state index contributed by atoms with van der Waals surface area (Å²) in [5.41, 5.74) is 1.74. The molecule has 0 N–H and O–H groups in total. The van der Waals surface area contributed by atoms with Gasteiger partial charge in [0.25, 0.3) is 0 Å². The summed E-state index contributed by atoms with van der Waals surface area (Å²) in [5.74, 6) is 3.07. The van der Waals surface area contributed by atoms with Crippen LogP contribution in [0.1, 0.15) is 50.5 Å². The van der Waals surface area contributed by atoms with Crippen molar-refractivity contribution < 1.29 is 9.47 Å². The maximum absolute atomic E-state index is 5.61. The van der Waals surface area contributed by atoms with Crippen LogP contribution in [0.25, 0.3) is 0 Å². The molecule has 3 aliphatic rings. The third-order valence-corrected chi connectivity index (χ3v) is 8.75. The van der Waals surface area contributed by atoms with Crippen LogP contribution in [-0.4, -0.2) is 49.3 Å². The van der Waals surface area contributed by atoms with Crippen molar-refractivity contribution in [3.8, 4) is 11.5 Å². The molecule has 1 aromatic carbocycles. The third-order valence-electron chi connectivity index (χ3n) is 7.07. The molecule has 1 aliphatic carbocycles. The van der Waals surface area contributed by atoms with Gasteiger partial charge in [0.2, 0.25) is 0 Å². The molecule has 1 saturated carbocycles. The predicted molar refractivity (Wildman–Crippen MR) is 105 cm³/mol. The predicted octanol–water partition coefficient (Wildman–Crippen LogP) is 4.49. The smallest absolute Gasteiger partial charge is 0.161 e. The van der Waals surface area contributed by atoms with E-state index in [9.17, 15) is 0 Å². The van der Waals surface area contributed by atoms with E-state index in [1.807, 2.05) is 0 Å². The number of rotatable bonds is 3. The molecule has 3 fully saturated rings. The molecule has 25 heavy (non-hydrogen) atoms. The highest BCUT2D eigenvalue weighted by Crippen LogP contribution is 2.57. The zero-order valence-electron chi connectivity index (χ0n) is 15.8. The fourth-order valence-corrected chi connectivity index (χ4v) is 7.16. The maximum atomic E-state index is 5.61. The fraction of sp³-hybridized carbons (Fsp3) is 0.714. The van der Waals surface area contributed by atoms with E-state index in [4.69, 9.17) is 9.47 Å². The van der Waals surface area contributed by atoms with Crippen molar-refractivity contribution in [3.63, 3.8) is 0 Å². The molecule has 1 spiro atoms. The zero-order valence-corrected chi connectivity index (χ0v) is 16.7. The van der Waals surface area contributed by atoms with E-state index in [0.29, 0.717) is 10.8 Å². The van der Waals surface area contributed by atoms with Crippen molar-refractivity contribution in [1.29, 1.82) is 0 Å². The highest BCUT2D eigenvalue weighted by atomic mass is 32.2. The Morgan fingerprint density at radius 2 is 1.88 bits per heavy atom. The Kier molecular flexibility index (Phi) is 4.70. The first kappa shape index (κ1) is 17.5. The molecular weight excluding hydrogens is 330 g/mol. The minimum absolute atomic E-state index is 0.289. The topological polar surface area (TPSA) is 21.7 Å². The Morgan fingerprint density at radius 3 is 2.60 bits per heavy atom. The van der Waals surface area contributed by atoms with E-state index in [-0.39, 0.29) is 5.41 Å². The van der Waals surface area contributed by atoms with E-state index < -0.39 is 0 Å². The summed E-state index contributed by atoms with van der Waals surface area (Å²) in [6, 6.07) is 7.29. The maximum Gasteiger partial charge on any atom is 0.161 e. The first-order valence-electron chi connectivity index (χ1n) is 9.69. The monoisotopic (exact) mass is 361 g/mol. The van der Waals surface area contributed by atoms with E-state index in [2.05, 4.69) is 41.9 Å². The molecule has 1 unspecified atom stereocenters. The van der Waals surface area contributed by atoms with Crippen molar-refractivity contribution in [3.05, 3.63) is 23.8 Å². The zero-order chi connectivity index (χ0) is 17.5. The molecule has 138 valence electrons. The highest BCUT2D eigenvalue weighted by molar-refractivity contribution is 8.00. The number of thioether (sulfide) groups is 1. The molecule has 3 nitrogen and oxygen atoms in total. The van der Waals surface area contributed by atoms with Gasteiger partial charge < -0.3 is 14.4 Å². The van der Waals surface area contributed by atoms with Crippen LogP contribution < -0.4 is 9.47 Å². The molecule has 2 aliphatic heterocycles. The molecule has 4 heteroatoms. The van der Waals surface area contributed by atoms with Crippen LogP contribution in [0.15, 0.2) is 18.2 Å². The first-order valence-corrected chi connectivity index (χ1v) is 10.7. The van der Waals surface area contributed by atoms with E-state index in [1.54, 1.807) is 14.2 Å². The number of likely N-dealkylation sites (tertiary alicyclic amines) is 1. The SMILES string of the molecule is COc1ccc([C@]23CCN(C)[C@H]2CC2(CCCCS2)CC3)cc1OC. The van der Waals surface area contributed by atoms with Crippen molar-refractivity contribution >= 4 is 11.8 Å². The van der Waals surface area contributed by atoms with Gasteiger partial charge in [0, 0.05) is 16.2 Å². The van der Waals surface area contributed by atoms with Gasteiger partial charge in [-0.15, -0.1) is 0 Å². The van der Waals surface area contributed by atoms with Gasteiger partial charge in [-0.3, -0.25) is 0 Å². The summed E-state index contributed by atoms with van der Waals surface area (Å²) < 4.78 is 11.6. The van der Waals surface area contributed by atoms with Gasteiger partial charge in [0.05, 0.1) is 14.2 Å². The second-order valence-electron chi connectivity index (χ2n) is 8.17. The lowest BCUT2D eigenvalue weighted by atomic mass is 9.62. The summed E-state index contributed by atoms with van der Waals surface area (Å²) in [4.78, 5) is 2.63. The molecule has 0 amide bonds. The van der Waals surface area contributed by atoms with Crippen LogP contribution in [-0.2, 0) is 5.41 Å². The Hall–Kier alpha value is -0.870. The van der Waals surface area contributed by atoms with Crippen LogP contribution in [0.4, 0.5) is 0 Å². The van der Waals surface area contributed by atoms with Gasteiger partial charge in [0.1, 0.15) is 0 Å². The number of benzene rings is 1. The lowest BCUT2D eigenvalue weighted by Gasteiger charge is -2.51. The first-order chi connectivity index (χ1) is 12.1. The average molecular weight is 362 g/mol. The Morgan fingerprint density at radius 1 is 1.04 bits per heavy atom. The minimum atomic E-state index is 0.289. The second kappa shape index (κ2) is 6.70. The van der Waals surface area contributed by atoms with Crippen molar-refractivity contribution in [2.75, 3.05) is 33.6 Å². The highest BCUT2D eigenvalue weighted by Gasteiger charge is 2.54. The lowest BCUT2D eigenvalue weighted by Crippen LogP contribution is -2.51. The largest absolute Gasteiger partial charge is 0.493 e. The van der Waals surface area contributed by atoms with Crippen molar-refractivity contribution in [2.24, 2.45) is 0 Å². The van der Waals surface area contributed by atoms with Crippen LogP contribution in [0.3, 0.4) is 0 Å². The van der Waals surface area contributed by atoms with Crippen molar-refractivity contribution in [2.45, 2.75) is 61.1 Å². The fourth-order valence-electron chi connectivity index (χ4n) is 5.56. The van der Waals surface area contributed by atoms with Crippen LogP contribution in [0.5, 0.6) is 11.5 Å². The average Bonchev–Trinajstić information content (AvgIpc) is 2.99. The molecule has 2 heterocycles. The lowest BCUT2D eigenvalue weighted by molar-refractivity contribution is 0.148. The van der Waals surface area contributed by atoms with E-state index in [0.717, 1.165) is 11.5 Å². The number of ether oxygens (including phenoxy) is 2. The van der Waals surface area contributed by atoms with Gasteiger partial charge in [0.15, 0.2) is 11.5 Å². The van der Waals surface area contributed by atoms with Gasteiger partial charge >= 0.3 is 0 Å². The summed E-state index contributed by atoms with van der Waals surface area (Å²) in [5, 5.41) is 0. The molecule has 1 aromatic rings. The van der Waals surface area contributed by atoms with Gasteiger partial charge in [-0.25, -0.2) is 0 Å². The molecule has 2 saturated heterocycles. The number of methoxy groups -OCH3 is 2. The van der Waals surface area contributed by atoms with Crippen LogP contribution >= 0.6 is 11.8 Å². The molecule has 0 radical (unpaired) electrons. The number of fused-ring (bicyclic) bond motifs is 1. The van der Waals surface area contributed by atoms with Gasteiger partial charge in [-0.05, 0) is 75.6 Å². The number of hydrogen-bond acceptors (Lipinski definition) is 4. The normalized spacial score (nSPS) is 35.6. The molecular formula is C21H31NO2S. The Bertz CT molecular complexity index is 628. The Labute approximate surface area is 156 Å². The molecule has 3 atom stereocenters. The summed E-state index contributed by atoms with van der Waals surface area (Å²) in [6.07, 6.45) is 9.55. The number of likely N-dealkylation sites (N-methyl/N-ethyl adjacent to an activating group) is 1. The molecule has 4 rings (SSSR count). The summed E-state index contributed by atoms with van der Waals surface area (Å²) in [6.45, 7) is 1.21. The van der Waals surface area contributed by atoms with E-state index >= 15 is 0 Å². The van der Waals surface area contributed by atoms with E-state index in [1.165, 1.54) is 62.8 Å². The quantitative estimate of drug-likeness (QED) is 0.791. The summed E-state index contributed by atoms with van der Waals surface area (Å²) >= 11 is 2.27. The minimum Gasteiger partial charge on any atom is -0.493 e. The van der Waals surface area contributed by atoms with Crippen molar-refractivity contribution in [1.82, 2.24) is 4.90 Å². The number of nitrogens with zero attached hydrogens (tertiary/aromatic N) is 1. The van der Waals surface area contributed by atoms with Gasteiger partial charge in [-0.2, -0.15) is 11.8 Å².